The van der Waals surface area contributed by atoms with Gasteiger partial charge in [0.15, 0.2) is 0 Å². The number of carbonyl (C=O) groups is 2. The lowest BCUT2D eigenvalue weighted by molar-refractivity contribution is -0.148. The molecule has 0 heterocycles. The number of halogens is 2. The first kappa shape index (κ1) is 15.6. The van der Waals surface area contributed by atoms with Crippen molar-refractivity contribution in [3.63, 3.8) is 0 Å². The molecule has 4 nitrogen and oxygen atoms in total. The smallest absolute Gasteiger partial charge is 0.307 e. The van der Waals surface area contributed by atoms with E-state index < -0.39 is 41.4 Å². The number of carboxylic acid groups (broad SMARTS) is 1. The molecule has 2 aliphatic rings. The van der Waals surface area contributed by atoms with E-state index in [-0.39, 0.29) is 17.4 Å². The molecule has 1 fully saturated rings. The SMILES string of the molecule is CC(NC(=O)C1C2C=CC(C2)C1C(=O)O)c1ccc(F)cc1F. The van der Waals surface area contributed by atoms with E-state index in [1.165, 1.54) is 6.07 Å². The van der Waals surface area contributed by atoms with E-state index in [0.29, 0.717) is 6.42 Å². The third kappa shape index (κ3) is 2.73. The van der Waals surface area contributed by atoms with Gasteiger partial charge in [0, 0.05) is 11.6 Å². The number of amides is 1. The first-order chi connectivity index (χ1) is 10.9. The number of aliphatic carboxylic acids is 1. The van der Waals surface area contributed by atoms with Crippen molar-refractivity contribution in [1.29, 1.82) is 0 Å². The molecule has 5 atom stereocenters. The van der Waals surface area contributed by atoms with Crippen LogP contribution in [0.25, 0.3) is 0 Å². The molecule has 1 amide bonds. The van der Waals surface area contributed by atoms with Crippen LogP contribution in [0.3, 0.4) is 0 Å². The van der Waals surface area contributed by atoms with Gasteiger partial charge in [-0.25, -0.2) is 8.78 Å². The van der Waals surface area contributed by atoms with Gasteiger partial charge in [-0.3, -0.25) is 9.59 Å². The summed E-state index contributed by atoms with van der Waals surface area (Å²) in [5.74, 6) is -4.40. The van der Waals surface area contributed by atoms with Crippen molar-refractivity contribution in [2.45, 2.75) is 19.4 Å². The molecule has 6 heteroatoms. The van der Waals surface area contributed by atoms with E-state index in [9.17, 15) is 23.5 Å². The lowest BCUT2D eigenvalue weighted by Gasteiger charge is -2.26. The Bertz CT molecular complexity index is 688. The van der Waals surface area contributed by atoms with Gasteiger partial charge in [-0.1, -0.05) is 18.2 Å². The molecule has 1 aromatic rings. The summed E-state index contributed by atoms with van der Waals surface area (Å²) >= 11 is 0. The van der Waals surface area contributed by atoms with Gasteiger partial charge in [0.2, 0.25) is 5.91 Å². The van der Waals surface area contributed by atoms with Gasteiger partial charge in [0.25, 0.3) is 0 Å². The summed E-state index contributed by atoms with van der Waals surface area (Å²) in [7, 11) is 0. The molecule has 0 radical (unpaired) electrons. The van der Waals surface area contributed by atoms with Gasteiger partial charge in [-0.15, -0.1) is 0 Å². The number of allylic oxidation sites excluding steroid dienone is 2. The molecule has 1 saturated carbocycles. The Morgan fingerprint density at radius 2 is 1.87 bits per heavy atom. The molecule has 0 spiro atoms. The van der Waals surface area contributed by atoms with E-state index in [1.54, 1.807) is 6.92 Å². The summed E-state index contributed by atoms with van der Waals surface area (Å²) in [5.41, 5.74) is 0.172. The lowest BCUT2D eigenvalue weighted by atomic mass is 9.82. The molecule has 23 heavy (non-hydrogen) atoms. The van der Waals surface area contributed by atoms with Crippen molar-refractivity contribution >= 4 is 11.9 Å². The molecule has 0 saturated heterocycles. The van der Waals surface area contributed by atoms with Crippen LogP contribution in [0.4, 0.5) is 8.78 Å². The number of hydrogen-bond acceptors (Lipinski definition) is 2. The number of carbonyl (C=O) groups excluding carboxylic acids is 1. The van der Waals surface area contributed by atoms with Crippen LogP contribution < -0.4 is 5.32 Å². The van der Waals surface area contributed by atoms with Crippen LogP contribution in [-0.4, -0.2) is 17.0 Å². The Morgan fingerprint density at radius 1 is 1.22 bits per heavy atom. The number of fused-ring (bicyclic) bond motifs is 2. The maximum Gasteiger partial charge on any atom is 0.307 e. The number of benzene rings is 1. The molecule has 5 unspecified atom stereocenters. The van der Waals surface area contributed by atoms with Crippen molar-refractivity contribution < 1.29 is 23.5 Å². The van der Waals surface area contributed by atoms with Gasteiger partial charge in [0.1, 0.15) is 11.6 Å². The predicted molar refractivity (Wildman–Crippen MR) is 78.3 cm³/mol. The first-order valence-corrected chi connectivity index (χ1v) is 7.55. The zero-order valence-corrected chi connectivity index (χ0v) is 12.5. The average Bonchev–Trinajstić information content (AvgIpc) is 3.07. The van der Waals surface area contributed by atoms with Crippen LogP contribution in [0.1, 0.15) is 24.9 Å². The number of hydrogen-bond donors (Lipinski definition) is 2. The maximum absolute atomic E-state index is 13.8. The standard InChI is InChI=1S/C17H17F2NO3/c1-8(12-5-4-11(18)7-13(12)19)20-16(21)14-9-2-3-10(6-9)15(14)17(22)23/h2-5,7-10,14-15H,6H2,1H3,(H,20,21)(H,22,23). The molecule has 3 rings (SSSR count). The molecule has 2 bridgehead atoms. The molecule has 122 valence electrons. The van der Waals surface area contributed by atoms with Crippen molar-refractivity contribution in [2.75, 3.05) is 0 Å². The Morgan fingerprint density at radius 3 is 2.48 bits per heavy atom. The zero-order valence-electron chi connectivity index (χ0n) is 12.5. The van der Waals surface area contributed by atoms with Crippen LogP contribution in [0.5, 0.6) is 0 Å². The van der Waals surface area contributed by atoms with Crippen molar-refractivity contribution in [3.8, 4) is 0 Å². The molecule has 2 aliphatic carbocycles. The summed E-state index contributed by atoms with van der Waals surface area (Å²) < 4.78 is 26.7. The van der Waals surface area contributed by atoms with Gasteiger partial charge in [-0.05, 0) is 31.2 Å². The van der Waals surface area contributed by atoms with E-state index in [2.05, 4.69) is 5.32 Å². The minimum atomic E-state index is -0.984. The second kappa shape index (κ2) is 5.76. The summed E-state index contributed by atoms with van der Waals surface area (Å²) in [5, 5.41) is 12.0. The van der Waals surface area contributed by atoms with Crippen LogP contribution in [-0.2, 0) is 9.59 Å². The Labute approximate surface area is 132 Å². The minimum absolute atomic E-state index is 0.0913. The van der Waals surface area contributed by atoms with Gasteiger partial charge in [0.05, 0.1) is 17.9 Å². The Balaban J connectivity index is 1.76. The maximum atomic E-state index is 13.8. The summed E-state index contributed by atoms with van der Waals surface area (Å²) in [4.78, 5) is 23.9. The number of rotatable bonds is 4. The molecule has 2 N–H and O–H groups in total. The van der Waals surface area contributed by atoms with Crippen molar-refractivity contribution in [2.24, 2.45) is 23.7 Å². The highest BCUT2D eigenvalue weighted by Gasteiger charge is 2.51. The van der Waals surface area contributed by atoms with Crippen molar-refractivity contribution in [1.82, 2.24) is 5.32 Å². The molecular formula is C17H17F2NO3. The van der Waals surface area contributed by atoms with Crippen LogP contribution in [0.2, 0.25) is 0 Å². The van der Waals surface area contributed by atoms with Gasteiger partial charge in [-0.2, -0.15) is 0 Å². The second-order valence-corrected chi connectivity index (χ2v) is 6.23. The first-order valence-electron chi connectivity index (χ1n) is 7.55. The fourth-order valence-electron chi connectivity index (χ4n) is 3.76. The molecule has 0 aromatic heterocycles. The second-order valence-electron chi connectivity index (χ2n) is 6.23. The fraction of sp³-hybridized carbons (Fsp3) is 0.412. The highest BCUT2D eigenvalue weighted by atomic mass is 19.1. The van der Waals surface area contributed by atoms with E-state index in [0.717, 1.165) is 12.1 Å². The highest BCUT2D eigenvalue weighted by Crippen LogP contribution is 2.48. The highest BCUT2D eigenvalue weighted by molar-refractivity contribution is 5.87. The fourth-order valence-corrected chi connectivity index (χ4v) is 3.76. The quantitative estimate of drug-likeness (QED) is 0.838. The predicted octanol–water partition coefficient (Wildman–Crippen LogP) is 2.66. The molecule has 1 aromatic carbocycles. The Hall–Kier alpha value is -2.24. The number of carboxylic acids is 1. The van der Waals surface area contributed by atoms with E-state index in [1.807, 2.05) is 12.2 Å². The van der Waals surface area contributed by atoms with E-state index >= 15 is 0 Å². The van der Waals surface area contributed by atoms with Crippen LogP contribution in [0.15, 0.2) is 30.4 Å². The minimum Gasteiger partial charge on any atom is -0.481 e. The molecular weight excluding hydrogens is 304 g/mol. The van der Waals surface area contributed by atoms with Crippen LogP contribution in [0, 0.1) is 35.3 Å². The normalized spacial score (nSPS) is 29.5. The zero-order chi connectivity index (χ0) is 16.7. The van der Waals surface area contributed by atoms with Gasteiger partial charge >= 0.3 is 5.97 Å². The van der Waals surface area contributed by atoms with Crippen LogP contribution >= 0.6 is 0 Å². The third-order valence-corrected chi connectivity index (χ3v) is 4.83. The number of nitrogens with one attached hydrogen (secondary N) is 1. The van der Waals surface area contributed by atoms with Crippen molar-refractivity contribution in [3.05, 3.63) is 47.5 Å². The average molecular weight is 321 g/mol. The largest absolute Gasteiger partial charge is 0.481 e. The topological polar surface area (TPSA) is 66.4 Å². The summed E-state index contributed by atoms with van der Waals surface area (Å²) in [6.45, 7) is 1.59. The molecule has 0 aliphatic heterocycles. The summed E-state index contributed by atoms with van der Waals surface area (Å²) in [6.07, 6.45) is 4.40. The summed E-state index contributed by atoms with van der Waals surface area (Å²) in [6, 6.07) is 2.51. The van der Waals surface area contributed by atoms with Gasteiger partial charge < -0.3 is 10.4 Å². The monoisotopic (exact) mass is 321 g/mol. The Kier molecular flexibility index (Phi) is 3.92. The third-order valence-electron chi connectivity index (χ3n) is 4.83. The van der Waals surface area contributed by atoms with E-state index in [4.69, 9.17) is 0 Å². The lowest BCUT2D eigenvalue weighted by Crippen LogP contribution is -2.41.